The smallest absolute Gasteiger partial charge is 0.306 e. The Morgan fingerprint density at radius 1 is 0.294 bits per heavy atom. The summed E-state index contributed by atoms with van der Waals surface area (Å²) in [6, 6.07) is 0. The quantitative estimate of drug-likeness (QED) is 0.0262. The first kappa shape index (κ1) is 65.6. The lowest BCUT2D eigenvalue weighted by atomic mass is 10.0. The van der Waals surface area contributed by atoms with Crippen molar-refractivity contribution in [1.82, 2.24) is 0 Å². The van der Waals surface area contributed by atoms with E-state index in [2.05, 4.69) is 57.2 Å². The third-order valence-corrected chi connectivity index (χ3v) is 13.4. The van der Waals surface area contributed by atoms with Crippen molar-refractivity contribution in [2.75, 3.05) is 13.2 Å². The van der Waals surface area contributed by atoms with Crippen molar-refractivity contribution in [1.29, 1.82) is 0 Å². The van der Waals surface area contributed by atoms with Gasteiger partial charge < -0.3 is 14.2 Å². The van der Waals surface area contributed by atoms with Crippen molar-refractivity contribution in [3.8, 4) is 0 Å². The highest BCUT2D eigenvalue weighted by Crippen LogP contribution is 2.17. The van der Waals surface area contributed by atoms with Gasteiger partial charge in [0.15, 0.2) is 6.10 Å². The molecule has 0 bridgehead atoms. The Kier molecular flexibility index (Phi) is 55.2. The molecule has 0 saturated carbocycles. The number of hydrogen-bond acceptors (Lipinski definition) is 6. The van der Waals surface area contributed by atoms with E-state index in [-0.39, 0.29) is 31.1 Å². The third kappa shape index (κ3) is 54.6. The molecule has 0 aliphatic heterocycles. The van der Waals surface area contributed by atoms with Gasteiger partial charge in [0.1, 0.15) is 13.2 Å². The Bertz CT molecular complexity index is 1140. The normalized spacial score (nSPS) is 12.2. The van der Waals surface area contributed by atoms with Gasteiger partial charge in [-0.3, -0.25) is 14.4 Å². The molecule has 0 aliphatic rings. The van der Waals surface area contributed by atoms with Crippen LogP contribution in [0.2, 0.25) is 0 Å². The van der Waals surface area contributed by atoms with Crippen LogP contribution < -0.4 is 0 Å². The summed E-state index contributed by atoms with van der Waals surface area (Å²) >= 11 is 0. The lowest BCUT2D eigenvalue weighted by Crippen LogP contribution is -2.30. The second kappa shape index (κ2) is 57.2. The Morgan fingerprint density at radius 2 is 0.529 bits per heavy atom. The number of unbranched alkanes of at least 4 members (excludes halogenated alkanes) is 38. The summed E-state index contributed by atoms with van der Waals surface area (Å²) in [5.74, 6) is -0.861. The van der Waals surface area contributed by atoms with Crippen molar-refractivity contribution >= 4 is 17.9 Å². The maximum atomic E-state index is 12.8. The zero-order chi connectivity index (χ0) is 49.3. The van der Waals surface area contributed by atoms with Crippen molar-refractivity contribution in [3.63, 3.8) is 0 Å². The van der Waals surface area contributed by atoms with E-state index < -0.39 is 6.10 Å². The minimum absolute atomic E-state index is 0.0693. The summed E-state index contributed by atoms with van der Waals surface area (Å²) in [5.41, 5.74) is 0. The van der Waals surface area contributed by atoms with E-state index in [4.69, 9.17) is 14.2 Å². The van der Waals surface area contributed by atoms with Crippen LogP contribution in [0.1, 0.15) is 323 Å². The molecule has 1 atom stereocenters. The van der Waals surface area contributed by atoms with Crippen LogP contribution in [0.5, 0.6) is 0 Å². The van der Waals surface area contributed by atoms with Gasteiger partial charge in [0, 0.05) is 19.3 Å². The number of carbonyl (C=O) groups excluding carboxylic acids is 3. The molecule has 6 nitrogen and oxygen atoms in total. The van der Waals surface area contributed by atoms with Gasteiger partial charge in [-0.2, -0.15) is 0 Å². The predicted octanol–water partition coefficient (Wildman–Crippen LogP) is 20.0. The number of allylic oxidation sites excluding steroid dienone is 6. The van der Waals surface area contributed by atoms with Gasteiger partial charge in [0.25, 0.3) is 0 Å². The Morgan fingerprint density at radius 3 is 0.824 bits per heavy atom. The molecular formula is C62H114O6. The average molecular weight is 956 g/mol. The van der Waals surface area contributed by atoms with Gasteiger partial charge in [-0.25, -0.2) is 0 Å². The van der Waals surface area contributed by atoms with Crippen LogP contribution >= 0.6 is 0 Å². The molecule has 0 amide bonds. The van der Waals surface area contributed by atoms with E-state index in [0.717, 1.165) is 70.6 Å². The molecule has 68 heavy (non-hydrogen) atoms. The maximum absolute atomic E-state index is 12.8. The molecule has 0 aromatic heterocycles. The standard InChI is InChI=1S/C62H114O6/c1-4-7-10-13-16-18-20-22-24-26-28-29-30-31-32-33-34-36-37-39-41-43-46-49-52-55-61(64)67-58-59(57-66-60(63)54-51-48-45-15-12-9-6-3)68-62(65)56-53-50-47-44-42-40-38-35-27-25-23-21-19-17-14-11-8-5-2/h20,22,26,28,30-31,59H,4-19,21,23-25,27,29,32-58H2,1-3H3/b22-20-,28-26-,31-30-. The second-order valence-electron chi connectivity index (χ2n) is 20.3. The van der Waals surface area contributed by atoms with Gasteiger partial charge in [0.05, 0.1) is 0 Å². The largest absolute Gasteiger partial charge is 0.462 e. The first-order chi connectivity index (χ1) is 33.5. The maximum Gasteiger partial charge on any atom is 0.306 e. The molecule has 0 aromatic rings. The van der Waals surface area contributed by atoms with Crippen LogP contribution in [0.4, 0.5) is 0 Å². The fourth-order valence-electron chi connectivity index (χ4n) is 8.86. The van der Waals surface area contributed by atoms with Crippen LogP contribution in [0.15, 0.2) is 36.5 Å². The first-order valence-electron chi connectivity index (χ1n) is 30.0. The summed E-state index contributed by atoms with van der Waals surface area (Å²) < 4.78 is 16.8. The molecule has 1 unspecified atom stereocenters. The molecule has 0 N–H and O–H groups in total. The number of hydrogen-bond donors (Lipinski definition) is 0. The average Bonchev–Trinajstić information content (AvgIpc) is 3.34. The van der Waals surface area contributed by atoms with Crippen molar-refractivity contribution in [2.45, 2.75) is 329 Å². The number of ether oxygens (including phenoxy) is 3. The summed E-state index contributed by atoms with van der Waals surface area (Å²) in [6.45, 7) is 6.63. The van der Waals surface area contributed by atoms with Gasteiger partial charge >= 0.3 is 17.9 Å². The Labute approximate surface area is 423 Å². The molecule has 0 rings (SSSR count). The molecule has 398 valence electrons. The zero-order valence-electron chi connectivity index (χ0n) is 45.6. The molecule has 0 radical (unpaired) electrons. The van der Waals surface area contributed by atoms with E-state index in [1.807, 2.05) is 0 Å². The zero-order valence-corrected chi connectivity index (χ0v) is 45.6. The van der Waals surface area contributed by atoms with E-state index in [1.54, 1.807) is 0 Å². The van der Waals surface area contributed by atoms with Gasteiger partial charge in [-0.05, 0) is 57.8 Å². The molecule has 0 heterocycles. The van der Waals surface area contributed by atoms with Crippen molar-refractivity contribution < 1.29 is 28.6 Å². The number of carbonyl (C=O) groups is 3. The minimum Gasteiger partial charge on any atom is -0.462 e. The van der Waals surface area contributed by atoms with Crippen molar-refractivity contribution in [2.24, 2.45) is 0 Å². The van der Waals surface area contributed by atoms with Crippen molar-refractivity contribution in [3.05, 3.63) is 36.5 Å². The Hall–Kier alpha value is -2.37. The minimum atomic E-state index is -0.768. The Balaban J connectivity index is 4.13. The van der Waals surface area contributed by atoms with Crippen LogP contribution in [0.3, 0.4) is 0 Å². The highest BCUT2D eigenvalue weighted by Gasteiger charge is 2.19. The fraction of sp³-hybridized carbons (Fsp3) is 0.855. The lowest BCUT2D eigenvalue weighted by molar-refractivity contribution is -0.167. The van der Waals surface area contributed by atoms with Crippen LogP contribution in [0, 0.1) is 0 Å². The molecular weight excluding hydrogens is 841 g/mol. The molecule has 0 saturated heterocycles. The molecule has 0 fully saturated rings. The third-order valence-electron chi connectivity index (χ3n) is 13.4. The molecule has 6 heteroatoms. The van der Waals surface area contributed by atoms with Crippen LogP contribution in [-0.4, -0.2) is 37.2 Å². The fourth-order valence-corrected chi connectivity index (χ4v) is 8.86. The summed E-state index contributed by atoms with van der Waals surface area (Å²) in [7, 11) is 0. The van der Waals surface area contributed by atoms with E-state index in [9.17, 15) is 14.4 Å². The monoisotopic (exact) mass is 955 g/mol. The molecule has 0 spiro atoms. The molecule has 0 aromatic carbocycles. The SMILES string of the molecule is CCCCCCC/C=C\C/C=C\C/C=C\CCCCCCCCCCCCC(=O)OCC(COC(=O)CCCCCCCCC)OC(=O)CCCCCCCCCCCCCCCCCCCC. The van der Waals surface area contributed by atoms with Gasteiger partial charge in [0.2, 0.25) is 0 Å². The highest BCUT2D eigenvalue weighted by atomic mass is 16.6. The summed E-state index contributed by atoms with van der Waals surface area (Å²) in [4.78, 5) is 38.0. The second-order valence-corrected chi connectivity index (χ2v) is 20.3. The lowest BCUT2D eigenvalue weighted by Gasteiger charge is -2.18. The van der Waals surface area contributed by atoms with Gasteiger partial charge in [-0.1, -0.05) is 282 Å². The van der Waals surface area contributed by atoms with E-state index >= 15 is 0 Å². The molecule has 0 aliphatic carbocycles. The van der Waals surface area contributed by atoms with Crippen LogP contribution in [0.25, 0.3) is 0 Å². The summed E-state index contributed by atoms with van der Waals surface area (Å²) in [5, 5.41) is 0. The van der Waals surface area contributed by atoms with Crippen LogP contribution in [-0.2, 0) is 28.6 Å². The summed E-state index contributed by atoms with van der Waals surface area (Å²) in [6.07, 6.45) is 68.8. The van der Waals surface area contributed by atoms with E-state index in [1.165, 1.54) is 212 Å². The first-order valence-corrected chi connectivity index (χ1v) is 30.0. The van der Waals surface area contributed by atoms with E-state index in [0.29, 0.717) is 19.3 Å². The number of rotatable bonds is 55. The topological polar surface area (TPSA) is 78.9 Å². The van der Waals surface area contributed by atoms with Gasteiger partial charge in [-0.15, -0.1) is 0 Å². The number of esters is 3. The highest BCUT2D eigenvalue weighted by molar-refractivity contribution is 5.71. The predicted molar refractivity (Wildman–Crippen MR) is 293 cm³/mol.